The third kappa shape index (κ3) is 4.45. The van der Waals surface area contributed by atoms with Crippen molar-refractivity contribution in [1.82, 2.24) is 4.90 Å². The van der Waals surface area contributed by atoms with E-state index in [1.54, 1.807) is 23.9 Å². The average Bonchev–Trinajstić information content (AvgIpc) is 2.62. The molecule has 0 radical (unpaired) electrons. The fourth-order valence-electron chi connectivity index (χ4n) is 2.64. The number of anilines is 1. The summed E-state index contributed by atoms with van der Waals surface area (Å²) in [5.74, 6) is 0.937. The second kappa shape index (κ2) is 7.94. The predicted octanol–water partition coefficient (Wildman–Crippen LogP) is 3.60. The second-order valence-electron chi connectivity index (χ2n) is 5.63. The topological polar surface area (TPSA) is 43.8 Å². The maximum Gasteiger partial charge on any atom is 0.233 e. The Bertz CT molecular complexity index is 683. The van der Waals surface area contributed by atoms with Gasteiger partial charge < -0.3 is 14.9 Å². The number of aromatic hydroxyl groups is 1. The molecule has 0 spiro atoms. The summed E-state index contributed by atoms with van der Waals surface area (Å²) in [4.78, 5) is 17.7. The minimum atomic E-state index is 0.188. The molecular formula is C18H19BrN2O2S. The van der Waals surface area contributed by atoms with Gasteiger partial charge in [-0.05, 0) is 48.5 Å². The van der Waals surface area contributed by atoms with Gasteiger partial charge in [-0.2, -0.15) is 0 Å². The van der Waals surface area contributed by atoms with E-state index in [9.17, 15) is 9.90 Å². The largest absolute Gasteiger partial charge is 0.508 e. The lowest BCUT2D eigenvalue weighted by Crippen LogP contribution is -2.49. The van der Waals surface area contributed by atoms with Crippen LogP contribution in [0.25, 0.3) is 0 Å². The molecule has 1 aliphatic heterocycles. The molecule has 126 valence electrons. The van der Waals surface area contributed by atoms with Crippen LogP contribution in [0.2, 0.25) is 0 Å². The van der Waals surface area contributed by atoms with Gasteiger partial charge in [0.1, 0.15) is 5.75 Å². The Balaban J connectivity index is 1.48. The van der Waals surface area contributed by atoms with Crippen molar-refractivity contribution in [1.29, 1.82) is 0 Å². The van der Waals surface area contributed by atoms with Gasteiger partial charge in [0, 0.05) is 41.2 Å². The van der Waals surface area contributed by atoms with E-state index in [1.807, 2.05) is 41.3 Å². The standard InChI is InChI=1S/C18H19BrN2O2S/c19-14-1-7-17(8-2-14)24-13-18(23)21-11-9-20(10-12-21)15-3-5-16(22)6-4-15/h1-8,22H,9-13H2. The first kappa shape index (κ1) is 17.2. The maximum atomic E-state index is 12.4. The van der Waals surface area contributed by atoms with Gasteiger partial charge in [-0.15, -0.1) is 11.8 Å². The summed E-state index contributed by atoms with van der Waals surface area (Å²) in [7, 11) is 0. The smallest absolute Gasteiger partial charge is 0.233 e. The van der Waals surface area contributed by atoms with Crippen LogP contribution in [0.4, 0.5) is 5.69 Å². The van der Waals surface area contributed by atoms with Crippen molar-refractivity contribution < 1.29 is 9.90 Å². The first-order valence-corrected chi connectivity index (χ1v) is 9.60. The van der Waals surface area contributed by atoms with Crippen molar-refractivity contribution in [2.24, 2.45) is 0 Å². The number of phenolic OH excluding ortho intramolecular Hbond substituents is 1. The Morgan fingerprint density at radius 1 is 1.00 bits per heavy atom. The van der Waals surface area contributed by atoms with E-state index in [0.29, 0.717) is 5.75 Å². The summed E-state index contributed by atoms with van der Waals surface area (Å²) in [5, 5.41) is 9.36. The first-order chi connectivity index (χ1) is 11.6. The molecule has 1 heterocycles. The van der Waals surface area contributed by atoms with Crippen LogP contribution in [-0.4, -0.2) is 47.8 Å². The Morgan fingerprint density at radius 2 is 1.62 bits per heavy atom. The SMILES string of the molecule is O=C(CSc1ccc(Br)cc1)N1CCN(c2ccc(O)cc2)CC1. The summed E-state index contributed by atoms with van der Waals surface area (Å²) in [6, 6.07) is 15.2. The number of carbonyl (C=O) groups is 1. The minimum absolute atomic E-state index is 0.188. The molecule has 1 fully saturated rings. The van der Waals surface area contributed by atoms with E-state index >= 15 is 0 Å². The lowest BCUT2D eigenvalue weighted by Gasteiger charge is -2.36. The molecule has 24 heavy (non-hydrogen) atoms. The zero-order chi connectivity index (χ0) is 16.9. The number of halogens is 1. The Kier molecular flexibility index (Phi) is 5.68. The van der Waals surface area contributed by atoms with E-state index in [-0.39, 0.29) is 11.7 Å². The molecule has 0 saturated carbocycles. The minimum Gasteiger partial charge on any atom is -0.508 e. The first-order valence-electron chi connectivity index (χ1n) is 7.82. The zero-order valence-electron chi connectivity index (χ0n) is 13.2. The number of piperazine rings is 1. The normalized spacial score (nSPS) is 14.7. The van der Waals surface area contributed by atoms with Gasteiger partial charge in [0.2, 0.25) is 5.91 Å². The van der Waals surface area contributed by atoms with Crippen LogP contribution in [0.5, 0.6) is 5.75 Å². The van der Waals surface area contributed by atoms with Crippen LogP contribution in [0.1, 0.15) is 0 Å². The Labute approximate surface area is 154 Å². The molecule has 3 rings (SSSR count). The number of carbonyl (C=O) groups excluding carboxylic acids is 1. The molecule has 6 heteroatoms. The Morgan fingerprint density at radius 3 is 2.25 bits per heavy atom. The molecule has 1 aliphatic rings. The summed E-state index contributed by atoms with van der Waals surface area (Å²) >= 11 is 4.99. The van der Waals surface area contributed by atoms with Crippen molar-refractivity contribution in [2.75, 3.05) is 36.8 Å². The van der Waals surface area contributed by atoms with Crippen molar-refractivity contribution in [3.63, 3.8) is 0 Å². The molecular weight excluding hydrogens is 388 g/mol. The highest BCUT2D eigenvalue weighted by Gasteiger charge is 2.21. The van der Waals surface area contributed by atoms with Crippen molar-refractivity contribution in [3.8, 4) is 5.75 Å². The summed E-state index contributed by atoms with van der Waals surface area (Å²) in [6.07, 6.45) is 0. The van der Waals surface area contributed by atoms with Gasteiger partial charge in [-0.1, -0.05) is 15.9 Å². The third-order valence-corrected chi connectivity index (χ3v) is 5.55. The predicted molar refractivity (Wildman–Crippen MR) is 102 cm³/mol. The maximum absolute atomic E-state index is 12.4. The summed E-state index contributed by atoms with van der Waals surface area (Å²) in [6.45, 7) is 3.11. The van der Waals surface area contributed by atoms with Crippen LogP contribution in [0.3, 0.4) is 0 Å². The number of rotatable bonds is 4. The second-order valence-corrected chi connectivity index (χ2v) is 7.59. The van der Waals surface area contributed by atoms with Gasteiger partial charge in [0.05, 0.1) is 5.75 Å². The van der Waals surface area contributed by atoms with E-state index in [0.717, 1.165) is 41.2 Å². The average molecular weight is 407 g/mol. The highest BCUT2D eigenvalue weighted by molar-refractivity contribution is 9.10. The fraction of sp³-hybridized carbons (Fsp3) is 0.278. The number of hydrogen-bond donors (Lipinski definition) is 1. The highest BCUT2D eigenvalue weighted by Crippen LogP contribution is 2.22. The molecule has 0 aliphatic carbocycles. The van der Waals surface area contributed by atoms with Crippen LogP contribution < -0.4 is 4.90 Å². The van der Waals surface area contributed by atoms with Crippen LogP contribution >= 0.6 is 27.7 Å². The van der Waals surface area contributed by atoms with Crippen LogP contribution in [-0.2, 0) is 4.79 Å². The van der Waals surface area contributed by atoms with Gasteiger partial charge in [0.25, 0.3) is 0 Å². The zero-order valence-corrected chi connectivity index (χ0v) is 15.6. The molecule has 0 atom stereocenters. The lowest BCUT2D eigenvalue weighted by molar-refractivity contribution is -0.128. The molecule has 0 aromatic heterocycles. The lowest BCUT2D eigenvalue weighted by atomic mass is 10.2. The van der Waals surface area contributed by atoms with Crippen molar-refractivity contribution in [3.05, 3.63) is 53.0 Å². The summed E-state index contributed by atoms with van der Waals surface area (Å²) in [5.41, 5.74) is 1.09. The van der Waals surface area contributed by atoms with Gasteiger partial charge >= 0.3 is 0 Å². The molecule has 0 unspecified atom stereocenters. The van der Waals surface area contributed by atoms with E-state index < -0.39 is 0 Å². The van der Waals surface area contributed by atoms with Crippen LogP contribution in [0.15, 0.2) is 57.9 Å². The highest BCUT2D eigenvalue weighted by atomic mass is 79.9. The van der Waals surface area contributed by atoms with Gasteiger partial charge in [-0.3, -0.25) is 4.79 Å². The molecule has 2 aromatic rings. The number of phenols is 1. The van der Waals surface area contributed by atoms with E-state index in [1.165, 1.54) is 0 Å². The molecule has 2 aromatic carbocycles. The van der Waals surface area contributed by atoms with E-state index in [4.69, 9.17) is 0 Å². The Hall–Kier alpha value is -1.66. The molecule has 1 saturated heterocycles. The molecule has 4 nitrogen and oxygen atoms in total. The van der Waals surface area contributed by atoms with Crippen LogP contribution in [0, 0.1) is 0 Å². The number of benzene rings is 2. The molecule has 1 N–H and O–H groups in total. The third-order valence-electron chi connectivity index (χ3n) is 4.02. The fourth-order valence-corrected chi connectivity index (χ4v) is 3.71. The van der Waals surface area contributed by atoms with E-state index in [2.05, 4.69) is 20.8 Å². The molecule has 1 amide bonds. The number of amides is 1. The number of nitrogens with zero attached hydrogens (tertiary/aromatic N) is 2. The van der Waals surface area contributed by atoms with Crippen molar-refractivity contribution >= 4 is 39.3 Å². The number of hydrogen-bond acceptors (Lipinski definition) is 4. The van der Waals surface area contributed by atoms with Gasteiger partial charge in [0.15, 0.2) is 0 Å². The van der Waals surface area contributed by atoms with Gasteiger partial charge in [-0.25, -0.2) is 0 Å². The van der Waals surface area contributed by atoms with Crippen molar-refractivity contribution in [2.45, 2.75) is 4.90 Å². The quantitative estimate of drug-likeness (QED) is 0.787. The summed E-state index contributed by atoms with van der Waals surface area (Å²) < 4.78 is 1.04. The number of thioether (sulfide) groups is 1. The monoisotopic (exact) mass is 406 g/mol. The molecule has 0 bridgehead atoms.